The molecule has 0 radical (unpaired) electrons. The predicted octanol–water partition coefficient (Wildman–Crippen LogP) is 9.28. The van der Waals surface area contributed by atoms with E-state index in [9.17, 15) is 0 Å². The lowest BCUT2D eigenvalue weighted by atomic mass is 9.81. The zero-order valence-electron chi connectivity index (χ0n) is 20.5. The quantitative estimate of drug-likeness (QED) is 0.279. The molecule has 34 heavy (non-hydrogen) atoms. The Hall–Kier alpha value is -3.84. The van der Waals surface area contributed by atoms with Crippen LogP contribution in [0, 0.1) is 13.8 Å². The summed E-state index contributed by atoms with van der Waals surface area (Å²) in [5, 5.41) is 0. The summed E-state index contributed by atoms with van der Waals surface area (Å²) < 4.78 is 0. The molecule has 1 aliphatic carbocycles. The molecule has 0 unspecified atom stereocenters. The van der Waals surface area contributed by atoms with Gasteiger partial charge in [-0.25, -0.2) is 0 Å². The van der Waals surface area contributed by atoms with E-state index in [1.807, 2.05) is 6.08 Å². The summed E-state index contributed by atoms with van der Waals surface area (Å²) >= 11 is 0. The van der Waals surface area contributed by atoms with Crippen molar-refractivity contribution < 1.29 is 0 Å². The summed E-state index contributed by atoms with van der Waals surface area (Å²) in [6.45, 7) is 17.0. The van der Waals surface area contributed by atoms with Gasteiger partial charge in [0.1, 0.15) is 0 Å². The van der Waals surface area contributed by atoms with E-state index < -0.39 is 0 Å². The first kappa shape index (κ1) is 22.0. The number of rotatable bonds is 5. The van der Waals surface area contributed by atoms with Crippen molar-refractivity contribution >= 4 is 22.6 Å². The molecule has 168 valence electrons. The van der Waals surface area contributed by atoms with Crippen molar-refractivity contribution in [2.45, 2.75) is 33.1 Å². The Balaban J connectivity index is 1.66. The van der Waals surface area contributed by atoms with Gasteiger partial charge < -0.3 is 4.90 Å². The molecular weight excluding hydrogens is 410 g/mol. The summed E-state index contributed by atoms with van der Waals surface area (Å²) in [6, 6.07) is 31.1. The molecule has 4 aromatic carbocycles. The third-order valence-electron chi connectivity index (χ3n) is 7.12. The molecular formula is C33H31N. The van der Waals surface area contributed by atoms with Crippen molar-refractivity contribution in [3.63, 3.8) is 0 Å². The van der Waals surface area contributed by atoms with Crippen molar-refractivity contribution in [3.05, 3.63) is 132 Å². The van der Waals surface area contributed by atoms with Crippen molar-refractivity contribution in [1.29, 1.82) is 0 Å². The Morgan fingerprint density at radius 2 is 1.15 bits per heavy atom. The van der Waals surface area contributed by atoms with Crippen LogP contribution in [0.1, 0.15) is 41.7 Å². The van der Waals surface area contributed by atoms with Crippen LogP contribution in [0.4, 0.5) is 17.1 Å². The zero-order chi connectivity index (χ0) is 24.0. The van der Waals surface area contributed by atoms with Gasteiger partial charge in [-0.05, 0) is 89.7 Å². The number of nitrogens with zero attached hydrogens (tertiary/aromatic N) is 1. The van der Waals surface area contributed by atoms with Crippen molar-refractivity contribution in [3.8, 4) is 11.1 Å². The van der Waals surface area contributed by atoms with Crippen LogP contribution in [0.5, 0.6) is 0 Å². The maximum Gasteiger partial charge on any atom is 0.0465 e. The molecule has 4 aromatic rings. The summed E-state index contributed by atoms with van der Waals surface area (Å²) in [7, 11) is 0. The normalized spacial score (nSPS) is 13.2. The fraction of sp³-hybridized carbons (Fsp3) is 0.152. The van der Waals surface area contributed by atoms with Gasteiger partial charge >= 0.3 is 0 Å². The van der Waals surface area contributed by atoms with Crippen LogP contribution in [0.25, 0.3) is 16.7 Å². The first-order valence-corrected chi connectivity index (χ1v) is 11.8. The maximum atomic E-state index is 4.16. The molecule has 0 atom stereocenters. The molecule has 5 rings (SSSR count). The first-order chi connectivity index (χ1) is 16.3. The Morgan fingerprint density at radius 1 is 0.676 bits per heavy atom. The number of hydrogen-bond donors (Lipinski definition) is 0. The number of fused-ring (bicyclic) bond motifs is 3. The minimum atomic E-state index is -0.107. The highest BCUT2D eigenvalue weighted by molar-refractivity contribution is 5.87. The molecule has 0 bridgehead atoms. The monoisotopic (exact) mass is 441 g/mol. The smallest absolute Gasteiger partial charge is 0.0465 e. The minimum absolute atomic E-state index is 0.107. The van der Waals surface area contributed by atoms with Gasteiger partial charge in [0.15, 0.2) is 0 Å². The van der Waals surface area contributed by atoms with Gasteiger partial charge in [-0.3, -0.25) is 0 Å². The second kappa shape index (κ2) is 8.18. The number of hydrogen-bond acceptors (Lipinski definition) is 1. The summed E-state index contributed by atoms with van der Waals surface area (Å²) in [6.07, 6.45) is 1.83. The van der Waals surface area contributed by atoms with E-state index in [1.54, 1.807) is 0 Å². The second-order valence-electron chi connectivity index (χ2n) is 9.85. The van der Waals surface area contributed by atoms with E-state index in [4.69, 9.17) is 0 Å². The van der Waals surface area contributed by atoms with E-state index in [0.29, 0.717) is 0 Å². The topological polar surface area (TPSA) is 3.24 Å². The van der Waals surface area contributed by atoms with Gasteiger partial charge in [0, 0.05) is 22.5 Å². The van der Waals surface area contributed by atoms with Gasteiger partial charge in [-0.1, -0.05) is 86.7 Å². The summed E-state index contributed by atoms with van der Waals surface area (Å²) in [5.74, 6) is 0. The molecule has 0 aromatic heterocycles. The van der Waals surface area contributed by atoms with E-state index in [2.05, 4.69) is 131 Å². The molecule has 1 nitrogen and oxygen atoms in total. The van der Waals surface area contributed by atoms with E-state index in [-0.39, 0.29) is 5.41 Å². The molecule has 1 aliphatic rings. The number of allylic oxidation sites excluding steroid dienone is 2. The number of aryl methyl sites for hydroxylation is 2. The fourth-order valence-corrected chi connectivity index (χ4v) is 5.02. The van der Waals surface area contributed by atoms with Crippen LogP contribution >= 0.6 is 0 Å². The fourth-order valence-electron chi connectivity index (χ4n) is 5.02. The minimum Gasteiger partial charge on any atom is -0.310 e. The van der Waals surface area contributed by atoms with Crippen LogP contribution in [0.3, 0.4) is 0 Å². The van der Waals surface area contributed by atoms with E-state index in [1.165, 1.54) is 39.1 Å². The van der Waals surface area contributed by atoms with Crippen molar-refractivity contribution in [2.24, 2.45) is 0 Å². The van der Waals surface area contributed by atoms with Crippen LogP contribution in [0.15, 0.2) is 104 Å². The molecule has 0 N–H and O–H groups in total. The standard InChI is InChI=1S/C33H31N/c1-7-24(4)25-12-18-29-30-19-17-28(21-32(30)33(5,6)31(29)20-25)34(26-13-8-22(2)9-14-26)27-15-10-23(3)11-16-27/h7-21H,1,4H2,2-3,5-6H3. The van der Waals surface area contributed by atoms with Gasteiger partial charge in [-0.2, -0.15) is 0 Å². The molecule has 0 aliphatic heterocycles. The number of benzene rings is 4. The van der Waals surface area contributed by atoms with Crippen LogP contribution in [-0.4, -0.2) is 0 Å². The lowest BCUT2D eigenvalue weighted by Gasteiger charge is -2.28. The molecule has 0 saturated carbocycles. The Bertz CT molecular complexity index is 1360. The van der Waals surface area contributed by atoms with Gasteiger partial charge in [0.2, 0.25) is 0 Å². The Labute approximate surface area is 203 Å². The highest BCUT2D eigenvalue weighted by Gasteiger charge is 2.36. The first-order valence-electron chi connectivity index (χ1n) is 11.8. The molecule has 0 heterocycles. The zero-order valence-corrected chi connectivity index (χ0v) is 20.5. The lowest BCUT2D eigenvalue weighted by molar-refractivity contribution is 0.660. The Morgan fingerprint density at radius 3 is 1.68 bits per heavy atom. The van der Waals surface area contributed by atoms with E-state index >= 15 is 0 Å². The molecule has 0 fully saturated rings. The molecule has 0 amide bonds. The maximum absolute atomic E-state index is 4.16. The van der Waals surface area contributed by atoms with E-state index in [0.717, 1.165) is 22.5 Å². The van der Waals surface area contributed by atoms with Crippen LogP contribution < -0.4 is 4.90 Å². The third kappa shape index (κ3) is 3.58. The highest BCUT2D eigenvalue weighted by Crippen LogP contribution is 2.51. The second-order valence-corrected chi connectivity index (χ2v) is 9.85. The molecule has 1 heteroatoms. The van der Waals surface area contributed by atoms with Crippen molar-refractivity contribution in [1.82, 2.24) is 0 Å². The average molecular weight is 442 g/mol. The average Bonchev–Trinajstić information content (AvgIpc) is 3.07. The van der Waals surface area contributed by atoms with Gasteiger partial charge in [-0.15, -0.1) is 0 Å². The summed E-state index contributed by atoms with van der Waals surface area (Å²) in [5.41, 5.74) is 13.3. The van der Waals surface area contributed by atoms with Crippen molar-refractivity contribution in [2.75, 3.05) is 4.90 Å². The third-order valence-corrected chi connectivity index (χ3v) is 7.12. The largest absolute Gasteiger partial charge is 0.310 e. The highest BCUT2D eigenvalue weighted by atomic mass is 15.1. The SMILES string of the molecule is C=CC(=C)c1ccc2c(c1)C(C)(C)c1cc(N(c3ccc(C)cc3)c3ccc(C)cc3)ccc1-2. The molecule has 0 spiro atoms. The summed E-state index contributed by atoms with van der Waals surface area (Å²) in [4.78, 5) is 2.35. The van der Waals surface area contributed by atoms with Gasteiger partial charge in [0.25, 0.3) is 0 Å². The van der Waals surface area contributed by atoms with Gasteiger partial charge in [0.05, 0.1) is 0 Å². The molecule has 0 saturated heterocycles. The predicted molar refractivity (Wildman–Crippen MR) is 147 cm³/mol. The lowest BCUT2D eigenvalue weighted by Crippen LogP contribution is -2.16. The Kier molecular flexibility index (Phi) is 5.29. The van der Waals surface area contributed by atoms with Crippen LogP contribution in [0.2, 0.25) is 0 Å². The number of anilines is 3. The van der Waals surface area contributed by atoms with Crippen LogP contribution in [-0.2, 0) is 5.41 Å².